The second-order valence-corrected chi connectivity index (χ2v) is 7.72. The molecule has 1 saturated heterocycles. The van der Waals surface area contributed by atoms with Gasteiger partial charge < -0.3 is 4.90 Å². The van der Waals surface area contributed by atoms with Crippen LogP contribution >= 0.6 is 0 Å². The summed E-state index contributed by atoms with van der Waals surface area (Å²) in [6.45, 7) is 3.79. The number of halogens is 3. The molecule has 4 rings (SSSR count). The van der Waals surface area contributed by atoms with Crippen LogP contribution in [-0.2, 0) is 24.1 Å². The summed E-state index contributed by atoms with van der Waals surface area (Å²) < 4.78 is 40.4. The minimum Gasteiger partial charge on any atom is -0.340 e. The lowest BCUT2D eigenvalue weighted by Crippen LogP contribution is -2.48. The van der Waals surface area contributed by atoms with Gasteiger partial charge in [-0.25, -0.2) is 0 Å². The molecule has 156 valence electrons. The first-order valence-electron chi connectivity index (χ1n) is 9.94. The van der Waals surface area contributed by atoms with Gasteiger partial charge in [-0.3, -0.25) is 19.4 Å². The Morgan fingerprint density at radius 2 is 1.93 bits per heavy atom. The van der Waals surface area contributed by atoms with Crippen molar-refractivity contribution in [2.75, 3.05) is 26.2 Å². The number of rotatable bonds is 6. The van der Waals surface area contributed by atoms with E-state index in [1.54, 1.807) is 11.1 Å². The number of hydrogen-bond acceptors (Lipinski definition) is 4. The lowest BCUT2D eigenvalue weighted by Gasteiger charge is -2.34. The Hall–Kier alpha value is -2.42. The number of amides is 1. The van der Waals surface area contributed by atoms with Crippen LogP contribution in [-0.4, -0.2) is 56.7 Å². The summed E-state index contributed by atoms with van der Waals surface area (Å²) >= 11 is 0. The first-order valence-corrected chi connectivity index (χ1v) is 9.94. The zero-order chi connectivity index (χ0) is 20.4. The summed E-state index contributed by atoms with van der Waals surface area (Å²) in [7, 11) is 0. The van der Waals surface area contributed by atoms with E-state index in [2.05, 4.69) is 15.0 Å². The molecule has 1 aliphatic carbocycles. The third kappa shape index (κ3) is 4.95. The SMILES string of the molecule is O=C(CCn1nc(C(F)(F)F)cc1C1CC1)N1CCN(Cc2cccnc2)CC1. The van der Waals surface area contributed by atoms with E-state index in [9.17, 15) is 18.0 Å². The zero-order valence-corrected chi connectivity index (χ0v) is 16.1. The van der Waals surface area contributed by atoms with Gasteiger partial charge >= 0.3 is 6.18 Å². The number of piperazine rings is 1. The van der Waals surface area contributed by atoms with Crippen molar-refractivity contribution in [1.82, 2.24) is 24.6 Å². The van der Waals surface area contributed by atoms with Crippen molar-refractivity contribution in [3.63, 3.8) is 0 Å². The fourth-order valence-electron chi connectivity index (χ4n) is 3.72. The molecule has 2 aromatic heterocycles. The van der Waals surface area contributed by atoms with Crippen molar-refractivity contribution in [3.05, 3.63) is 47.5 Å². The highest BCUT2D eigenvalue weighted by molar-refractivity contribution is 5.76. The van der Waals surface area contributed by atoms with Crippen LogP contribution in [0, 0.1) is 0 Å². The summed E-state index contributed by atoms with van der Waals surface area (Å²) in [5.41, 5.74) is 0.876. The minimum atomic E-state index is -4.45. The van der Waals surface area contributed by atoms with E-state index in [4.69, 9.17) is 0 Å². The molecule has 2 aliphatic rings. The lowest BCUT2D eigenvalue weighted by molar-refractivity contribution is -0.141. The molecule has 2 aromatic rings. The monoisotopic (exact) mass is 407 g/mol. The molecule has 3 heterocycles. The van der Waals surface area contributed by atoms with Gasteiger partial charge in [0, 0.05) is 69.7 Å². The van der Waals surface area contributed by atoms with Gasteiger partial charge in [0.25, 0.3) is 0 Å². The molecule has 0 bridgehead atoms. The van der Waals surface area contributed by atoms with Gasteiger partial charge in [0.1, 0.15) is 0 Å². The highest BCUT2D eigenvalue weighted by Crippen LogP contribution is 2.42. The summed E-state index contributed by atoms with van der Waals surface area (Å²) in [5, 5.41) is 3.73. The third-order valence-electron chi connectivity index (χ3n) is 5.49. The molecule has 9 heteroatoms. The normalized spacial score (nSPS) is 18.2. The number of alkyl halides is 3. The van der Waals surface area contributed by atoms with Gasteiger partial charge in [0.15, 0.2) is 5.69 Å². The standard InChI is InChI=1S/C20H24F3N5O/c21-20(22,23)18-12-17(16-3-4-16)28(25-18)7-5-19(29)27-10-8-26(9-11-27)14-15-2-1-6-24-13-15/h1-2,6,12-13,16H,3-5,7-11,14H2. The fourth-order valence-corrected chi connectivity index (χ4v) is 3.72. The van der Waals surface area contributed by atoms with Crippen LogP contribution in [0.15, 0.2) is 30.6 Å². The molecular weight excluding hydrogens is 383 g/mol. The van der Waals surface area contributed by atoms with E-state index in [0.29, 0.717) is 18.8 Å². The molecule has 2 fully saturated rings. The van der Waals surface area contributed by atoms with Gasteiger partial charge in [-0.1, -0.05) is 6.07 Å². The Morgan fingerprint density at radius 3 is 2.55 bits per heavy atom. The highest BCUT2D eigenvalue weighted by Gasteiger charge is 2.37. The number of carbonyl (C=O) groups is 1. The molecule has 0 aromatic carbocycles. The van der Waals surface area contributed by atoms with Crippen LogP contribution in [0.4, 0.5) is 13.2 Å². The number of carbonyl (C=O) groups excluding carboxylic acids is 1. The minimum absolute atomic E-state index is 0.0307. The second kappa shape index (κ2) is 8.14. The van der Waals surface area contributed by atoms with Crippen molar-refractivity contribution in [1.29, 1.82) is 0 Å². The van der Waals surface area contributed by atoms with Crippen LogP contribution < -0.4 is 0 Å². The number of hydrogen-bond donors (Lipinski definition) is 0. The lowest BCUT2D eigenvalue weighted by atomic mass is 10.2. The smallest absolute Gasteiger partial charge is 0.340 e. The van der Waals surface area contributed by atoms with Gasteiger partial charge in [-0.05, 0) is 30.5 Å². The molecule has 29 heavy (non-hydrogen) atoms. The number of aromatic nitrogens is 3. The number of pyridine rings is 1. The highest BCUT2D eigenvalue weighted by atomic mass is 19.4. The second-order valence-electron chi connectivity index (χ2n) is 7.72. The van der Waals surface area contributed by atoms with E-state index < -0.39 is 11.9 Å². The van der Waals surface area contributed by atoms with Crippen molar-refractivity contribution < 1.29 is 18.0 Å². The first-order chi connectivity index (χ1) is 13.9. The Morgan fingerprint density at radius 1 is 1.17 bits per heavy atom. The number of nitrogens with zero attached hydrogens (tertiary/aromatic N) is 5. The molecule has 0 unspecified atom stereocenters. The van der Waals surface area contributed by atoms with Crippen LogP contribution in [0.1, 0.15) is 42.1 Å². The van der Waals surface area contributed by atoms with E-state index >= 15 is 0 Å². The van der Waals surface area contributed by atoms with E-state index in [1.807, 2.05) is 18.3 Å². The molecule has 1 aliphatic heterocycles. The van der Waals surface area contributed by atoms with Crippen LogP contribution in [0.5, 0.6) is 0 Å². The molecule has 1 amide bonds. The summed E-state index contributed by atoms with van der Waals surface area (Å²) in [4.78, 5) is 20.8. The van der Waals surface area contributed by atoms with Crippen molar-refractivity contribution >= 4 is 5.91 Å². The molecule has 0 radical (unpaired) electrons. The maximum Gasteiger partial charge on any atom is 0.435 e. The quantitative estimate of drug-likeness (QED) is 0.739. The molecule has 0 spiro atoms. The Labute approximate surface area is 167 Å². The average molecular weight is 407 g/mol. The van der Waals surface area contributed by atoms with Gasteiger partial charge in [-0.2, -0.15) is 18.3 Å². The first kappa shape index (κ1) is 19.9. The van der Waals surface area contributed by atoms with Gasteiger partial charge in [0.2, 0.25) is 5.91 Å². The molecule has 1 saturated carbocycles. The van der Waals surface area contributed by atoms with Crippen LogP contribution in [0.2, 0.25) is 0 Å². The number of aryl methyl sites for hydroxylation is 1. The summed E-state index contributed by atoms with van der Waals surface area (Å²) in [6.07, 6.45) is 1.07. The van der Waals surface area contributed by atoms with Crippen LogP contribution in [0.3, 0.4) is 0 Å². The van der Waals surface area contributed by atoms with Crippen molar-refractivity contribution in [2.45, 2.75) is 44.4 Å². The fraction of sp³-hybridized carbons (Fsp3) is 0.550. The Balaban J connectivity index is 1.29. The Bertz CT molecular complexity index is 840. The molecule has 6 nitrogen and oxygen atoms in total. The largest absolute Gasteiger partial charge is 0.435 e. The van der Waals surface area contributed by atoms with Gasteiger partial charge in [0.05, 0.1) is 0 Å². The van der Waals surface area contributed by atoms with Crippen molar-refractivity contribution in [3.8, 4) is 0 Å². The van der Waals surface area contributed by atoms with Crippen LogP contribution in [0.25, 0.3) is 0 Å². The predicted molar refractivity (Wildman–Crippen MR) is 99.9 cm³/mol. The molecular formula is C20H24F3N5O. The maximum atomic E-state index is 13.0. The van der Waals surface area contributed by atoms with E-state index in [0.717, 1.165) is 44.1 Å². The maximum absolute atomic E-state index is 13.0. The topological polar surface area (TPSA) is 54.3 Å². The van der Waals surface area contributed by atoms with E-state index in [1.165, 1.54) is 4.68 Å². The predicted octanol–water partition coefficient (Wildman–Crippen LogP) is 2.91. The molecule has 0 atom stereocenters. The zero-order valence-electron chi connectivity index (χ0n) is 16.1. The summed E-state index contributed by atoms with van der Waals surface area (Å²) in [5.74, 6) is 0.113. The van der Waals surface area contributed by atoms with Crippen molar-refractivity contribution in [2.24, 2.45) is 0 Å². The summed E-state index contributed by atoms with van der Waals surface area (Å²) in [6, 6.07) is 5.07. The Kier molecular flexibility index (Phi) is 5.58. The van der Waals surface area contributed by atoms with Gasteiger partial charge in [-0.15, -0.1) is 0 Å². The average Bonchev–Trinajstić information content (AvgIpc) is 3.45. The third-order valence-corrected chi connectivity index (χ3v) is 5.49. The van der Waals surface area contributed by atoms with E-state index in [-0.39, 0.29) is 24.8 Å². The molecule has 0 N–H and O–H groups in total.